The van der Waals surface area contributed by atoms with Gasteiger partial charge < -0.3 is 5.32 Å². The molecule has 1 aliphatic carbocycles. The fourth-order valence-electron chi connectivity index (χ4n) is 2.34. The van der Waals surface area contributed by atoms with Crippen molar-refractivity contribution in [2.24, 2.45) is 5.92 Å². The van der Waals surface area contributed by atoms with E-state index in [4.69, 9.17) is 0 Å². The summed E-state index contributed by atoms with van der Waals surface area (Å²) in [5, 5.41) is 3.25. The first-order valence-corrected chi connectivity index (χ1v) is 5.74. The number of benzene rings is 1. The predicted octanol–water partition coefficient (Wildman–Crippen LogP) is 2.85. The molecule has 1 aliphatic rings. The number of nitrogens with one attached hydrogen (secondary N) is 1. The lowest BCUT2D eigenvalue weighted by Gasteiger charge is -2.13. The van der Waals surface area contributed by atoms with Crippen LogP contribution in [0.3, 0.4) is 0 Å². The van der Waals surface area contributed by atoms with Crippen molar-refractivity contribution in [2.45, 2.75) is 25.7 Å². The molecule has 0 amide bonds. The van der Waals surface area contributed by atoms with Gasteiger partial charge in [-0.2, -0.15) is 0 Å². The second-order valence-corrected chi connectivity index (χ2v) is 4.73. The molecule has 0 aromatic heterocycles. The maximum absolute atomic E-state index is 13.6. The van der Waals surface area contributed by atoms with Gasteiger partial charge in [-0.15, -0.1) is 0 Å². The molecule has 0 saturated heterocycles. The van der Waals surface area contributed by atoms with Crippen LogP contribution in [-0.2, 0) is 5.41 Å². The average Bonchev–Trinajstić information content (AvgIpc) is 2.92. The van der Waals surface area contributed by atoms with Crippen molar-refractivity contribution in [3.8, 4) is 0 Å². The Morgan fingerprint density at radius 1 is 1.44 bits per heavy atom. The number of halogens is 2. The largest absolute Gasteiger partial charge is 0.317 e. The standard InChI is InChI=1S/C13H17F2N/c1-3-16-8-9-7-13(9,2)10-5-4-6-11(14)12(10)15/h4-6,9,16H,3,7-8H2,1-2H3. The van der Waals surface area contributed by atoms with Crippen molar-refractivity contribution in [3.05, 3.63) is 35.4 Å². The van der Waals surface area contributed by atoms with Gasteiger partial charge in [0.25, 0.3) is 0 Å². The Morgan fingerprint density at radius 3 is 2.88 bits per heavy atom. The van der Waals surface area contributed by atoms with E-state index in [9.17, 15) is 8.78 Å². The first-order chi connectivity index (χ1) is 7.59. The lowest BCUT2D eigenvalue weighted by molar-refractivity contribution is 0.479. The molecule has 16 heavy (non-hydrogen) atoms. The molecule has 0 spiro atoms. The lowest BCUT2D eigenvalue weighted by Crippen LogP contribution is -2.20. The Bertz CT molecular complexity index is 392. The van der Waals surface area contributed by atoms with E-state index in [1.165, 1.54) is 6.07 Å². The third-order valence-electron chi connectivity index (χ3n) is 3.62. The highest BCUT2D eigenvalue weighted by Crippen LogP contribution is 2.54. The second-order valence-electron chi connectivity index (χ2n) is 4.73. The van der Waals surface area contributed by atoms with Crippen LogP contribution < -0.4 is 5.32 Å². The van der Waals surface area contributed by atoms with Crippen molar-refractivity contribution >= 4 is 0 Å². The van der Waals surface area contributed by atoms with Crippen molar-refractivity contribution in [3.63, 3.8) is 0 Å². The summed E-state index contributed by atoms with van der Waals surface area (Å²) in [6.45, 7) is 5.84. The van der Waals surface area contributed by atoms with Gasteiger partial charge in [-0.3, -0.25) is 0 Å². The lowest BCUT2D eigenvalue weighted by atomic mass is 9.94. The fourth-order valence-corrected chi connectivity index (χ4v) is 2.34. The number of rotatable bonds is 4. The topological polar surface area (TPSA) is 12.0 Å². The minimum atomic E-state index is -0.743. The molecule has 0 aliphatic heterocycles. The van der Waals surface area contributed by atoms with Crippen LogP contribution in [-0.4, -0.2) is 13.1 Å². The highest BCUT2D eigenvalue weighted by atomic mass is 19.2. The van der Waals surface area contributed by atoms with Gasteiger partial charge in [-0.25, -0.2) is 8.78 Å². The average molecular weight is 225 g/mol. The first-order valence-electron chi connectivity index (χ1n) is 5.74. The van der Waals surface area contributed by atoms with E-state index in [0.29, 0.717) is 11.5 Å². The Morgan fingerprint density at radius 2 is 2.19 bits per heavy atom. The van der Waals surface area contributed by atoms with Gasteiger partial charge in [-0.1, -0.05) is 26.0 Å². The summed E-state index contributed by atoms with van der Waals surface area (Å²) >= 11 is 0. The normalized spacial score (nSPS) is 28.1. The minimum Gasteiger partial charge on any atom is -0.317 e. The van der Waals surface area contributed by atoms with Crippen molar-refractivity contribution in [1.82, 2.24) is 5.32 Å². The molecule has 1 aromatic rings. The summed E-state index contributed by atoms with van der Waals surface area (Å²) in [4.78, 5) is 0. The summed E-state index contributed by atoms with van der Waals surface area (Å²) in [5.74, 6) is -0.999. The maximum Gasteiger partial charge on any atom is 0.162 e. The summed E-state index contributed by atoms with van der Waals surface area (Å²) in [7, 11) is 0. The van der Waals surface area contributed by atoms with Crippen LogP contribution in [0.2, 0.25) is 0 Å². The highest BCUT2D eigenvalue weighted by molar-refractivity contribution is 5.34. The third kappa shape index (κ3) is 1.84. The third-order valence-corrected chi connectivity index (χ3v) is 3.62. The molecular weight excluding hydrogens is 208 g/mol. The zero-order valence-corrected chi connectivity index (χ0v) is 9.69. The van der Waals surface area contributed by atoms with Crippen LogP contribution in [0.1, 0.15) is 25.8 Å². The van der Waals surface area contributed by atoms with Crippen LogP contribution >= 0.6 is 0 Å². The molecule has 1 saturated carbocycles. The van der Waals surface area contributed by atoms with Gasteiger partial charge in [0, 0.05) is 0 Å². The number of hydrogen-bond donors (Lipinski definition) is 1. The SMILES string of the molecule is CCNCC1CC1(C)c1cccc(F)c1F. The molecule has 0 bridgehead atoms. The van der Waals surface area contributed by atoms with E-state index in [0.717, 1.165) is 19.5 Å². The summed E-state index contributed by atoms with van der Waals surface area (Å²) in [5.41, 5.74) is 0.337. The Balaban J connectivity index is 2.17. The Kier molecular flexibility index (Phi) is 2.98. The van der Waals surface area contributed by atoms with E-state index in [2.05, 4.69) is 5.32 Å². The van der Waals surface area contributed by atoms with E-state index in [-0.39, 0.29) is 5.41 Å². The summed E-state index contributed by atoms with van der Waals surface area (Å²) in [6.07, 6.45) is 0.931. The van der Waals surface area contributed by atoms with Gasteiger partial charge in [0.1, 0.15) is 0 Å². The van der Waals surface area contributed by atoms with Crippen LogP contribution in [0.25, 0.3) is 0 Å². The minimum absolute atomic E-state index is 0.186. The monoisotopic (exact) mass is 225 g/mol. The molecule has 1 nitrogen and oxygen atoms in total. The van der Waals surface area contributed by atoms with Crippen molar-refractivity contribution < 1.29 is 8.78 Å². The Hall–Kier alpha value is -0.960. The van der Waals surface area contributed by atoms with Gasteiger partial charge in [0.15, 0.2) is 11.6 Å². The predicted molar refractivity (Wildman–Crippen MR) is 60.4 cm³/mol. The second kappa shape index (κ2) is 4.13. The molecule has 2 atom stereocenters. The molecule has 1 fully saturated rings. The van der Waals surface area contributed by atoms with Crippen molar-refractivity contribution in [2.75, 3.05) is 13.1 Å². The first kappa shape index (κ1) is 11.5. The van der Waals surface area contributed by atoms with E-state index in [1.807, 2.05) is 13.8 Å². The van der Waals surface area contributed by atoms with Gasteiger partial charge in [0.05, 0.1) is 0 Å². The zero-order chi connectivity index (χ0) is 11.8. The van der Waals surface area contributed by atoms with Gasteiger partial charge in [0.2, 0.25) is 0 Å². The van der Waals surface area contributed by atoms with Crippen molar-refractivity contribution in [1.29, 1.82) is 0 Å². The smallest absolute Gasteiger partial charge is 0.162 e. The molecule has 2 unspecified atom stereocenters. The molecule has 88 valence electrons. The number of hydrogen-bond acceptors (Lipinski definition) is 1. The fraction of sp³-hybridized carbons (Fsp3) is 0.538. The van der Waals surface area contributed by atoms with Crippen LogP contribution in [0, 0.1) is 17.6 Å². The molecule has 1 aromatic carbocycles. The Labute approximate surface area is 94.9 Å². The van der Waals surface area contributed by atoms with Crippen LogP contribution in [0.5, 0.6) is 0 Å². The summed E-state index contributed by atoms with van der Waals surface area (Å²) < 4.78 is 26.8. The van der Waals surface area contributed by atoms with Crippen LogP contribution in [0.15, 0.2) is 18.2 Å². The molecule has 3 heteroatoms. The highest BCUT2D eigenvalue weighted by Gasteiger charge is 2.52. The van der Waals surface area contributed by atoms with E-state index >= 15 is 0 Å². The molecule has 2 rings (SSSR count). The van der Waals surface area contributed by atoms with Crippen LogP contribution in [0.4, 0.5) is 8.78 Å². The maximum atomic E-state index is 13.6. The zero-order valence-electron chi connectivity index (χ0n) is 9.69. The molecule has 0 radical (unpaired) electrons. The quantitative estimate of drug-likeness (QED) is 0.830. The van der Waals surface area contributed by atoms with Gasteiger partial charge in [-0.05, 0) is 42.5 Å². The summed E-state index contributed by atoms with van der Waals surface area (Å²) in [6, 6.07) is 4.45. The van der Waals surface area contributed by atoms with E-state index in [1.54, 1.807) is 12.1 Å². The van der Waals surface area contributed by atoms with E-state index < -0.39 is 11.6 Å². The molecule has 1 N–H and O–H groups in total. The van der Waals surface area contributed by atoms with Gasteiger partial charge >= 0.3 is 0 Å². The molecule has 0 heterocycles. The molecular formula is C13H17F2N.